The molecule has 21 heavy (non-hydrogen) atoms. The van der Waals surface area contributed by atoms with Gasteiger partial charge in [0.2, 0.25) is 10.0 Å². The second-order valence-electron chi connectivity index (χ2n) is 4.66. The molecule has 0 spiro atoms. The van der Waals surface area contributed by atoms with Crippen molar-refractivity contribution in [2.75, 3.05) is 20.1 Å². The third-order valence-corrected chi connectivity index (χ3v) is 6.57. The Balaban J connectivity index is 0.00000220. The third-order valence-electron chi connectivity index (χ3n) is 3.45. The van der Waals surface area contributed by atoms with Gasteiger partial charge < -0.3 is 5.32 Å². The molecule has 1 aromatic rings. The van der Waals surface area contributed by atoms with E-state index < -0.39 is 15.8 Å². The number of sulfonamides is 1. The maximum atomic E-state index is 13.9. The van der Waals surface area contributed by atoms with Gasteiger partial charge in [-0.2, -0.15) is 4.31 Å². The van der Waals surface area contributed by atoms with E-state index in [-0.39, 0.29) is 22.3 Å². The van der Waals surface area contributed by atoms with Gasteiger partial charge in [-0.25, -0.2) is 12.8 Å². The number of nitrogens with zero attached hydrogens (tertiary/aromatic N) is 1. The summed E-state index contributed by atoms with van der Waals surface area (Å²) in [5.74, 6) is -0.794. The topological polar surface area (TPSA) is 49.4 Å². The summed E-state index contributed by atoms with van der Waals surface area (Å²) in [5.41, 5.74) is 0. The molecule has 1 N–H and O–H groups in total. The van der Waals surface area contributed by atoms with Crippen LogP contribution in [0.25, 0.3) is 0 Å². The van der Waals surface area contributed by atoms with Crippen molar-refractivity contribution in [2.24, 2.45) is 0 Å². The van der Waals surface area contributed by atoms with E-state index in [1.807, 2.05) is 7.05 Å². The lowest BCUT2D eigenvalue weighted by Crippen LogP contribution is -2.44. The predicted molar refractivity (Wildman–Crippen MR) is 87.2 cm³/mol. The molecule has 9 heteroatoms. The largest absolute Gasteiger partial charge is 0.317 e. The molecular formula is C12H16BrCl2FN2O2S. The van der Waals surface area contributed by atoms with Crippen molar-refractivity contribution < 1.29 is 12.8 Å². The number of piperidine rings is 1. The molecular weight excluding hydrogens is 406 g/mol. The molecule has 0 aromatic heterocycles. The molecule has 0 bridgehead atoms. The van der Waals surface area contributed by atoms with Crippen molar-refractivity contribution in [3.8, 4) is 0 Å². The van der Waals surface area contributed by atoms with E-state index in [2.05, 4.69) is 21.2 Å². The molecule has 1 aliphatic rings. The quantitative estimate of drug-likeness (QED) is 0.763. The first kappa shape index (κ1) is 19.1. The second kappa shape index (κ2) is 7.57. The Morgan fingerprint density at radius 2 is 1.95 bits per heavy atom. The summed E-state index contributed by atoms with van der Waals surface area (Å²) in [6, 6.07) is 2.54. The normalized spacial score (nSPS) is 17.5. The Hall–Kier alpha value is 0.0800. The van der Waals surface area contributed by atoms with Crippen LogP contribution in [0.5, 0.6) is 0 Å². The number of benzene rings is 1. The van der Waals surface area contributed by atoms with Crippen LogP contribution in [0, 0.1) is 5.82 Å². The van der Waals surface area contributed by atoms with Crippen LogP contribution in [0.2, 0.25) is 5.02 Å². The fraction of sp³-hybridized carbons (Fsp3) is 0.500. The van der Waals surface area contributed by atoms with Crippen LogP contribution < -0.4 is 5.32 Å². The van der Waals surface area contributed by atoms with Gasteiger partial charge in [0.05, 0.1) is 5.02 Å². The number of hydrogen-bond acceptors (Lipinski definition) is 3. The molecule has 1 heterocycles. The predicted octanol–water partition coefficient (Wildman–Crippen LogP) is 3.04. The summed E-state index contributed by atoms with van der Waals surface area (Å²) in [7, 11) is -1.99. The molecule has 1 saturated heterocycles. The highest BCUT2D eigenvalue weighted by Gasteiger charge is 2.31. The molecule has 0 saturated carbocycles. The zero-order valence-corrected chi connectivity index (χ0v) is 15.2. The monoisotopic (exact) mass is 420 g/mol. The van der Waals surface area contributed by atoms with E-state index in [0.717, 1.165) is 12.1 Å². The van der Waals surface area contributed by atoms with Crippen molar-refractivity contribution in [3.05, 3.63) is 27.4 Å². The van der Waals surface area contributed by atoms with E-state index in [9.17, 15) is 12.8 Å². The zero-order chi connectivity index (χ0) is 14.9. The molecule has 4 nitrogen and oxygen atoms in total. The van der Waals surface area contributed by atoms with Crippen LogP contribution in [0.3, 0.4) is 0 Å². The van der Waals surface area contributed by atoms with Crippen molar-refractivity contribution in [1.82, 2.24) is 9.62 Å². The van der Waals surface area contributed by atoms with E-state index in [4.69, 9.17) is 11.6 Å². The summed E-state index contributed by atoms with van der Waals surface area (Å²) >= 11 is 8.94. The molecule has 1 aromatic carbocycles. The molecule has 0 aliphatic carbocycles. The molecule has 120 valence electrons. The fourth-order valence-electron chi connectivity index (χ4n) is 2.23. The minimum absolute atomic E-state index is 0. The molecule has 0 unspecified atom stereocenters. The van der Waals surface area contributed by atoms with Gasteiger partial charge in [-0.1, -0.05) is 11.6 Å². The van der Waals surface area contributed by atoms with Crippen LogP contribution in [0.15, 0.2) is 21.5 Å². The second-order valence-corrected chi connectivity index (χ2v) is 7.83. The average Bonchev–Trinajstić information content (AvgIpc) is 2.42. The van der Waals surface area contributed by atoms with E-state index in [1.165, 1.54) is 4.31 Å². The van der Waals surface area contributed by atoms with Gasteiger partial charge in [-0.05, 0) is 48.0 Å². The van der Waals surface area contributed by atoms with Gasteiger partial charge in [0.1, 0.15) is 10.7 Å². The lowest BCUT2D eigenvalue weighted by atomic mass is 10.1. The van der Waals surface area contributed by atoms with Crippen LogP contribution in [0.4, 0.5) is 4.39 Å². The Morgan fingerprint density at radius 1 is 1.38 bits per heavy atom. The maximum absolute atomic E-state index is 13.9. The van der Waals surface area contributed by atoms with Crippen molar-refractivity contribution in [2.45, 2.75) is 23.8 Å². The van der Waals surface area contributed by atoms with E-state index in [0.29, 0.717) is 36.4 Å². The molecule has 1 aliphatic heterocycles. The van der Waals surface area contributed by atoms with Gasteiger partial charge >= 0.3 is 0 Å². The van der Waals surface area contributed by atoms with Gasteiger partial charge in [0.25, 0.3) is 0 Å². The smallest absolute Gasteiger partial charge is 0.246 e. The first-order valence-electron chi connectivity index (χ1n) is 6.18. The number of hydrogen-bond donors (Lipinski definition) is 1. The van der Waals surface area contributed by atoms with E-state index in [1.54, 1.807) is 0 Å². The SMILES string of the molecule is CNC1CCN(S(=O)(=O)c2cc(Cl)c(Br)cc2F)CC1.Cl. The van der Waals surface area contributed by atoms with Gasteiger partial charge in [-0.3, -0.25) is 0 Å². The van der Waals surface area contributed by atoms with Crippen LogP contribution in [-0.4, -0.2) is 38.9 Å². The molecule has 0 radical (unpaired) electrons. The van der Waals surface area contributed by atoms with Gasteiger partial charge in [0, 0.05) is 23.6 Å². The number of halogens is 4. The van der Waals surface area contributed by atoms with Crippen LogP contribution in [0.1, 0.15) is 12.8 Å². The summed E-state index contributed by atoms with van der Waals surface area (Å²) < 4.78 is 40.5. The zero-order valence-electron chi connectivity index (χ0n) is 11.3. The highest BCUT2D eigenvalue weighted by Crippen LogP contribution is 2.30. The van der Waals surface area contributed by atoms with Crippen LogP contribution in [-0.2, 0) is 10.0 Å². The Kier molecular flexibility index (Phi) is 6.89. The minimum Gasteiger partial charge on any atom is -0.317 e. The summed E-state index contributed by atoms with van der Waals surface area (Å²) in [4.78, 5) is -0.367. The summed E-state index contributed by atoms with van der Waals surface area (Å²) in [6.07, 6.45) is 1.42. The van der Waals surface area contributed by atoms with Gasteiger partial charge in [-0.15, -0.1) is 12.4 Å². The lowest BCUT2D eigenvalue weighted by Gasteiger charge is -2.31. The van der Waals surface area contributed by atoms with E-state index >= 15 is 0 Å². The molecule has 0 amide bonds. The average molecular weight is 422 g/mol. The highest BCUT2D eigenvalue weighted by atomic mass is 79.9. The Labute approximate surface area is 143 Å². The first-order valence-corrected chi connectivity index (χ1v) is 8.79. The van der Waals surface area contributed by atoms with Crippen molar-refractivity contribution in [1.29, 1.82) is 0 Å². The molecule has 0 atom stereocenters. The maximum Gasteiger partial charge on any atom is 0.246 e. The number of rotatable bonds is 3. The highest BCUT2D eigenvalue weighted by molar-refractivity contribution is 9.10. The summed E-state index contributed by atoms with van der Waals surface area (Å²) in [6.45, 7) is 0.752. The third kappa shape index (κ3) is 4.09. The Morgan fingerprint density at radius 3 is 2.48 bits per heavy atom. The Bertz CT molecular complexity index is 608. The molecule has 2 rings (SSSR count). The molecule has 1 fully saturated rings. The number of nitrogens with one attached hydrogen (secondary N) is 1. The fourth-order valence-corrected chi connectivity index (χ4v) is 4.31. The summed E-state index contributed by atoms with van der Waals surface area (Å²) in [5, 5.41) is 3.30. The first-order chi connectivity index (χ1) is 9.36. The van der Waals surface area contributed by atoms with Crippen LogP contribution >= 0.6 is 39.9 Å². The van der Waals surface area contributed by atoms with Gasteiger partial charge in [0.15, 0.2) is 0 Å². The lowest BCUT2D eigenvalue weighted by molar-refractivity contribution is 0.297. The van der Waals surface area contributed by atoms with Crippen molar-refractivity contribution in [3.63, 3.8) is 0 Å². The standard InChI is InChI=1S/C12H15BrClFN2O2S.ClH/c1-16-8-2-4-17(5-3-8)20(18,19)12-7-10(14)9(13)6-11(12)15;/h6-8,16H,2-5H2,1H3;1H. The minimum atomic E-state index is -3.84. The van der Waals surface area contributed by atoms with Crippen molar-refractivity contribution >= 4 is 50.0 Å².